The largest absolute Gasteiger partial charge is 0.640 e. The predicted octanol–water partition coefficient (Wildman–Crippen LogP) is 2.39. The molecule has 0 atom stereocenters. The van der Waals surface area contributed by atoms with Gasteiger partial charge in [0.25, 0.3) is 5.97 Å². The molecule has 0 bridgehead atoms. The molecular formula is C9H17O2Rf-. The van der Waals surface area contributed by atoms with E-state index >= 15 is 0 Å². The molecule has 0 aromatic carbocycles. The van der Waals surface area contributed by atoms with Crippen LogP contribution >= 0.6 is 0 Å². The fourth-order valence-electron chi connectivity index (χ4n) is 0.487. The molecule has 12 heavy (non-hydrogen) atoms. The summed E-state index contributed by atoms with van der Waals surface area (Å²) in [5, 5.41) is 0. The van der Waals surface area contributed by atoms with Gasteiger partial charge in [0.05, 0.1) is 5.41 Å². The number of hydrogen-bond donors (Lipinski definition) is 0. The van der Waals surface area contributed by atoms with E-state index in [0.29, 0.717) is 0 Å². The minimum absolute atomic E-state index is 0. The molecule has 0 saturated carbocycles. The van der Waals surface area contributed by atoms with Crippen LogP contribution in [0.5, 0.6) is 0 Å². The van der Waals surface area contributed by atoms with Gasteiger partial charge in [-0.15, -0.1) is 0 Å². The van der Waals surface area contributed by atoms with Crippen LogP contribution in [0.15, 0.2) is 0 Å². The summed E-state index contributed by atoms with van der Waals surface area (Å²) < 4.78 is 4.45. The van der Waals surface area contributed by atoms with Crippen LogP contribution in [0.3, 0.4) is 0 Å². The molecule has 0 spiro atoms. The summed E-state index contributed by atoms with van der Waals surface area (Å²) in [5.41, 5.74) is -0.573. The molecule has 0 aromatic heterocycles. The number of ether oxygens (including phenoxy) is 1. The Morgan fingerprint density at radius 2 is 1.50 bits per heavy atom. The van der Waals surface area contributed by atoms with Gasteiger partial charge in [0.2, 0.25) is 0 Å². The molecule has 0 rings (SSSR count). The third-order valence-corrected chi connectivity index (χ3v) is 2.52. The van der Waals surface area contributed by atoms with Gasteiger partial charge in [0.1, 0.15) is 0 Å². The second-order valence-electron chi connectivity index (χ2n) is 4.31. The van der Waals surface area contributed by atoms with E-state index in [4.69, 9.17) is 0 Å². The van der Waals surface area contributed by atoms with Gasteiger partial charge in [0, 0.05) is 0 Å². The van der Waals surface area contributed by atoms with Crippen LogP contribution in [0, 0.1) is 17.9 Å². The van der Waals surface area contributed by atoms with Crippen molar-refractivity contribution in [3.63, 3.8) is 0 Å². The molecule has 0 aromatic rings. The van der Waals surface area contributed by atoms with Crippen molar-refractivity contribution in [1.29, 1.82) is 0 Å². The summed E-state index contributed by atoms with van der Waals surface area (Å²) in [4.78, 5) is 11.2. The van der Waals surface area contributed by atoms with Gasteiger partial charge in [-0.25, -0.2) is 0 Å². The van der Waals surface area contributed by atoms with Gasteiger partial charge >= 0.3 is 0 Å². The molecule has 0 aliphatic carbocycles. The second-order valence-corrected chi connectivity index (χ2v) is 4.31. The van der Waals surface area contributed by atoms with Gasteiger partial charge in [-0.3, -0.25) is 4.79 Å². The summed E-state index contributed by atoms with van der Waals surface area (Å²) in [7, 11) is 3.12. The Morgan fingerprint density at radius 1 is 1.17 bits per heavy atom. The first-order valence-electron chi connectivity index (χ1n) is 3.70. The molecule has 3 heteroatoms. The molecule has 0 unspecified atom stereocenters. The normalized spacial score (nSPS) is 11.8. The third-order valence-electron chi connectivity index (χ3n) is 2.52. The van der Waals surface area contributed by atoms with Crippen molar-refractivity contribution in [3.05, 3.63) is 7.11 Å². The fourth-order valence-corrected chi connectivity index (χ4v) is 0.487. The number of esters is 1. The molecule has 0 heterocycles. The predicted molar refractivity (Wildman–Crippen MR) is 44.7 cm³/mol. The third kappa shape index (κ3) is 1.97. The molecule has 0 N–H and O–H groups in total. The maximum atomic E-state index is 11.2. The van der Waals surface area contributed by atoms with E-state index in [1.807, 2.05) is 34.6 Å². The van der Waals surface area contributed by atoms with Gasteiger partial charge in [0.15, 0.2) is 0 Å². The number of rotatable bonds is 1. The smallest absolute Gasteiger partial charge is 0.280 e. The minimum Gasteiger partial charge on any atom is -0.640 e. The van der Waals surface area contributed by atoms with E-state index in [2.05, 4.69) is 11.8 Å². The Hall–Kier alpha value is -1.53. The topological polar surface area (TPSA) is 26.3 Å². The Labute approximate surface area is 68.9 Å². The van der Waals surface area contributed by atoms with Gasteiger partial charge in [-0.05, 0) is 19.3 Å². The van der Waals surface area contributed by atoms with E-state index < -0.39 is 5.41 Å². The van der Waals surface area contributed by atoms with E-state index in [0.717, 1.165) is 0 Å². The van der Waals surface area contributed by atoms with Crippen LogP contribution in [-0.2, 0) is 9.53 Å². The van der Waals surface area contributed by atoms with Crippen molar-refractivity contribution in [3.8, 4) is 0 Å². The fraction of sp³-hybridized carbons (Fsp3) is 0.778. The minimum atomic E-state index is -0.477. The van der Waals surface area contributed by atoms with Crippen molar-refractivity contribution in [2.45, 2.75) is 34.6 Å². The number of carbonyl (C=O) groups is 1. The summed E-state index contributed by atoms with van der Waals surface area (Å²) >= 11 is 0. The molecule has 2 nitrogen and oxygen atoms in total. The Balaban J connectivity index is 0. The Bertz CT molecular complexity index is 156. The SMILES string of the molecule is [CH2-]OC(=O)C(C)(C)C(C)(C)C.[Rf]. The molecule has 0 aliphatic rings. The molecular weight excluding hydrogens is 407 g/mol. The van der Waals surface area contributed by atoms with Crippen molar-refractivity contribution in [2.24, 2.45) is 10.8 Å². The van der Waals surface area contributed by atoms with Gasteiger partial charge < -0.3 is 4.74 Å². The van der Waals surface area contributed by atoms with Crippen LogP contribution in [0.4, 0.5) is 0 Å². The molecule has 68 valence electrons. The average molecular weight is 424 g/mol. The van der Waals surface area contributed by atoms with Gasteiger partial charge in [-0.1, -0.05) is 20.8 Å². The monoisotopic (exact) mass is 424 g/mol. The van der Waals surface area contributed by atoms with Crippen LogP contribution in [0.25, 0.3) is 0 Å². The number of carbonyl (C=O) groups excluding carboxylic acids is 1. The van der Waals surface area contributed by atoms with Crippen LogP contribution in [-0.4, -0.2) is 5.97 Å². The summed E-state index contributed by atoms with van der Waals surface area (Å²) in [6.07, 6.45) is 0. The maximum Gasteiger partial charge on any atom is 0.280 e. The number of hydrogen-bond acceptors (Lipinski definition) is 2. The van der Waals surface area contributed by atoms with Crippen LogP contribution in [0.1, 0.15) is 34.6 Å². The van der Waals surface area contributed by atoms with E-state index in [1.54, 1.807) is 0 Å². The second kappa shape index (κ2) is 3.24. The first-order chi connectivity index (χ1) is 4.73. The zero-order chi connectivity index (χ0) is 9.28. The summed E-state index contributed by atoms with van der Waals surface area (Å²) in [5.74, 6) is -0.259. The zero-order valence-corrected chi connectivity index (χ0v) is 15.1. The van der Waals surface area contributed by atoms with E-state index in [9.17, 15) is 4.79 Å². The Kier molecular flexibility index (Phi) is 3.54. The summed E-state index contributed by atoms with van der Waals surface area (Å²) in [6, 6.07) is 0. The zero-order valence-electron chi connectivity index (χ0n) is 8.73. The maximum absolute atomic E-state index is 11.2. The molecule has 0 aliphatic heterocycles. The molecule has 0 amide bonds. The van der Waals surface area contributed by atoms with Gasteiger partial charge in [-0.2, -0.15) is 7.11 Å². The first kappa shape index (κ1) is 13.1. The van der Waals surface area contributed by atoms with Crippen LogP contribution in [0.2, 0.25) is 0 Å². The van der Waals surface area contributed by atoms with Crippen molar-refractivity contribution in [1.82, 2.24) is 0 Å². The molecule has 0 fully saturated rings. The van der Waals surface area contributed by atoms with E-state index in [1.165, 1.54) is 0 Å². The molecule has 0 radical (unpaired) electrons. The van der Waals surface area contributed by atoms with Crippen molar-refractivity contribution < 1.29 is 9.53 Å². The Morgan fingerprint density at radius 3 is 1.58 bits per heavy atom. The van der Waals surface area contributed by atoms with E-state index in [-0.39, 0.29) is 11.4 Å². The van der Waals surface area contributed by atoms with Crippen LogP contribution < -0.4 is 0 Å². The van der Waals surface area contributed by atoms with Crippen molar-refractivity contribution >= 4 is 5.97 Å². The first-order valence-corrected chi connectivity index (χ1v) is 3.70. The van der Waals surface area contributed by atoms with Crippen molar-refractivity contribution in [2.75, 3.05) is 0 Å². The quantitative estimate of drug-likeness (QED) is 0.478. The summed E-state index contributed by atoms with van der Waals surface area (Å²) in [6.45, 7) is 9.73. The standard InChI is InChI=1S/C9H17O2.Rf/c1-8(2,3)9(4,5)7(10)11-6;/h6H2,1-5H3;/q-1;. The molecule has 0 saturated heterocycles. The average Bonchev–Trinajstić information content (AvgIpc) is 1.83.